The minimum Gasteiger partial charge on any atom is -0.375 e. The summed E-state index contributed by atoms with van der Waals surface area (Å²) in [5.41, 5.74) is 1.29. The fourth-order valence-corrected chi connectivity index (χ4v) is 4.32. The van der Waals surface area contributed by atoms with Crippen LogP contribution in [0.3, 0.4) is 0 Å². The fourth-order valence-electron chi connectivity index (χ4n) is 4.32. The molecule has 0 spiro atoms. The van der Waals surface area contributed by atoms with E-state index in [2.05, 4.69) is 44.1 Å². The molecule has 2 aliphatic rings. The lowest BCUT2D eigenvalue weighted by atomic mass is 9.69. The number of nitrogens with zero attached hydrogens (tertiary/aromatic N) is 2. The van der Waals surface area contributed by atoms with Crippen molar-refractivity contribution >= 4 is 11.8 Å². The van der Waals surface area contributed by atoms with Crippen LogP contribution in [-0.2, 0) is 14.3 Å². The normalized spacial score (nSPS) is 26.8. The molecule has 27 heavy (non-hydrogen) atoms. The molecular weight excluding hydrogens is 342 g/mol. The summed E-state index contributed by atoms with van der Waals surface area (Å²) in [5, 5.41) is 2.98. The van der Waals surface area contributed by atoms with Crippen LogP contribution in [0.15, 0.2) is 11.6 Å². The molecule has 0 radical (unpaired) electrons. The van der Waals surface area contributed by atoms with Gasteiger partial charge < -0.3 is 19.9 Å². The molecule has 1 fully saturated rings. The summed E-state index contributed by atoms with van der Waals surface area (Å²) < 4.78 is 4.89. The first-order chi connectivity index (χ1) is 12.8. The third-order valence-corrected chi connectivity index (χ3v) is 6.17. The molecule has 0 bridgehead atoms. The lowest BCUT2D eigenvalue weighted by Crippen LogP contribution is -2.47. The molecule has 6 nitrogen and oxygen atoms in total. The molecule has 6 heteroatoms. The second kappa shape index (κ2) is 10.2. The van der Waals surface area contributed by atoms with Gasteiger partial charge in [0.05, 0.1) is 0 Å². The number of hydrogen-bond donors (Lipinski definition) is 1. The van der Waals surface area contributed by atoms with Crippen LogP contribution < -0.4 is 5.32 Å². The number of allylic oxidation sites excluding steroid dienone is 1. The SMILES string of the molecule is COCC(=O)NC[C@@H]1C=C(C)[C@H](CC(=O)N2CCN(C)CC2)C[C@H]1C(C)C. The Kier molecular flexibility index (Phi) is 8.29. The van der Waals surface area contributed by atoms with Crippen molar-refractivity contribution in [2.75, 3.05) is 53.5 Å². The zero-order valence-electron chi connectivity index (χ0n) is 17.7. The Morgan fingerprint density at radius 2 is 1.93 bits per heavy atom. The van der Waals surface area contributed by atoms with Crippen molar-refractivity contribution in [1.82, 2.24) is 15.1 Å². The van der Waals surface area contributed by atoms with Crippen LogP contribution in [0.5, 0.6) is 0 Å². The van der Waals surface area contributed by atoms with Crippen molar-refractivity contribution < 1.29 is 14.3 Å². The van der Waals surface area contributed by atoms with Crippen LogP contribution in [0.1, 0.15) is 33.6 Å². The number of rotatable bonds is 7. The van der Waals surface area contributed by atoms with Crippen molar-refractivity contribution in [2.24, 2.45) is 23.7 Å². The monoisotopic (exact) mass is 379 g/mol. The largest absolute Gasteiger partial charge is 0.375 e. The summed E-state index contributed by atoms with van der Waals surface area (Å²) in [6, 6.07) is 0. The lowest BCUT2D eigenvalue weighted by molar-refractivity contribution is -0.133. The zero-order chi connectivity index (χ0) is 20.0. The van der Waals surface area contributed by atoms with Crippen molar-refractivity contribution in [2.45, 2.75) is 33.6 Å². The van der Waals surface area contributed by atoms with Gasteiger partial charge in [0.1, 0.15) is 6.61 Å². The molecule has 1 aliphatic carbocycles. The van der Waals surface area contributed by atoms with E-state index in [1.54, 1.807) is 0 Å². The van der Waals surface area contributed by atoms with Crippen molar-refractivity contribution in [1.29, 1.82) is 0 Å². The van der Waals surface area contributed by atoms with Crippen LogP contribution in [0.25, 0.3) is 0 Å². The van der Waals surface area contributed by atoms with Gasteiger partial charge in [-0.1, -0.05) is 25.5 Å². The first-order valence-corrected chi connectivity index (χ1v) is 10.2. The number of carbonyl (C=O) groups excluding carboxylic acids is 2. The summed E-state index contributed by atoms with van der Waals surface area (Å²) >= 11 is 0. The molecule has 0 aromatic heterocycles. The van der Waals surface area contributed by atoms with E-state index in [1.807, 2.05) is 4.90 Å². The van der Waals surface area contributed by atoms with E-state index < -0.39 is 0 Å². The highest BCUT2D eigenvalue weighted by Crippen LogP contribution is 2.39. The van der Waals surface area contributed by atoms with Crippen LogP contribution >= 0.6 is 0 Å². The van der Waals surface area contributed by atoms with Gasteiger partial charge in [0.25, 0.3) is 0 Å². The van der Waals surface area contributed by atoms with Gasteiger partial charge >= 0.3 is 0 Å². The maximum atomic E-state index is 12.8. The zero-order valence-corrected chi connectivity index (χ0v) is 17.7. The molecule has 1 heterocycles. The highest BCUT2D eigenvalue weighted by Gasteiger charge is 2.33. The molecule has 0 saturated carbocycles. The second-order valence-electron chi connectivity index (χ2n) is 8.54. The summed E-state index contributed by atoms with van der Waals surface area (Å²) in [5.74, 6) is 1.84. The highest BCUT2D eigenvalue weighted by atomic mass is 16.5. The van der Waals surface area contributed by atoms with E-state index in [4.69, 9.17) is 4.74 Å². The molecule has 1 saturated heterocycles. The number of nitrogens with one attached hydrogen (secondary N) is 1. The van der Waals surface area contributed by atoms with Gasteiger partial charge in [0, 0.05) is 46.3 Å². The molecule has 0 aromatic carbocycles. The summed E-state index contributed by atoms with van der Waals surface area (Å²) in [6.45, 7) is 11.0. The Bertz CT molecular complexity index is 539. The van der Waals surface area contributed by atoms with Gasteiger partial charge in [-0.15, -0.1) is 0 Å². The Morgan fingerprint density at radius 3 is 2.52 bits per heavy atom. The van der Waals surface area contributed by atoms with Gasteiger partial charge in [-0.3, -0.25) is 9.59 Å². The van der Waals surface area contributed by atoms with Crippen molar-refractivity contribution in [3.63, 3.8) is 0 Å². The quantitative estimate of drug-likeness (QED) is 0.685. The van der Waals surface area contributed by atoms with Gasteiger partial charge in [0.2, 0.25) is 11.8 Å². The molecule has 0 unspecified atom stereocenters. The molecule has 1 aliphatic heterocycles. The van der Waals surface area contributed by atoms with E-state index >= 15 is 0 Å². The number of methoxy groups -OCH3 is 1. The van der Waals surface area contributed by atoms with Crippen molar-refractivity contribution in [3.05, 3.63) is 11.6 Å². The third kappa shape index (κ3) is 6.32. The molecular formula is C21H37N3O3. The van der Waals surface area contributed by atoms with E-state index in [-0.39, 0.29) is 18.4 Å². The number of likely N-dealkylation sites (N-methyl/N-ethyl adjacent to an activating group) is 1. The minimum atomic E-state index is -0.0709. The minimum absolute atomic E-state index is 0.0709. The van der Waals surface area contributed by atoms with Gasteiger partial charge in [0.15, 0.2) is 0 Å². The average Bonchev–Trinajstić information content (AvgIpc) is 2.62. The van der Waals surface area contributed by atoms with Gasteiger partial charge in [-0.25, -0.2) is 0 Å². The van der Waals surface area contributed by atoms with Gasteiger partial charge in [-0.2, -0.15) is 0 Å². The Labute approximate surface area is 164 Å². The number of ether oxygens (including phenoxy) is 1. The Balaban J connectivity index is 1.97. The standard InChI is InChI=1S/C21H37N3O3/c1-15(2)19-11-17(12-21(26)24-8-6-23(4)7-9-24)16(3)10-18(19)13-22-20(25)14-27-5/h10,15,17-19H,6-9,11-14H2,1-5H3,(H,22,25)/t17-,18-,19-/m0/s1. The number of carbonyl (C=O) groups is 2. The van der Waals surface area contributed by atoms with E-state index in [9.17, 15) is 9.59 Å². The Hall–Kier alpha value is -1.40. The van der Waals surface area contributed by atoms with Gasteiger partial charge in [-0.05, 0) is 44.1 Å². The Morgan fingerprint density at radius 1 is 1.26 bits per heavy atom. The highest BCUT2D eigenvalue weighted by molar-refractivity contribution is 5.77. The van der Waals surface area contributed by atoms with Crippen LogP contribution in [0, 0.1) is 23.7 Å². The average molecular weight is 380 g/mol. The number of hydrogen-bond acceptors (Lipinski definition) is 4. The predicted octanol–water partition coefficient (Wildman–Crippen LogP) is 1.77. The van der Waals surface area contributed by atoms with E-state index in [0.717, 1.165) is 32.6 Å². The number of piperazine rings is 1. The van der Waals surface area contributed by atoms with Crippen LogP contribution in [0.4, 0.5) is 0 Å². The molecule has 0 aromatic rings. The maximum Gasteiger partial charge on any atom is 0.246 e. The predicted molar refractivity (Wildman–Crippen MR) is 107 cm³/mol. The molecule has 3 atom stereocenters. The van der Waals surface area contributed by atoms with Crippen LogP contribution in [0.2, 0.25) is 0 Å². The first kappa shape index (κ1) is 21.9. The topological polar surface area (TPSA) is 61.9 Å². The van der Waals surface area contributed by atoms with E-state index in [0.29, 0.717) is 36.6 Å². The summed E-state index contributed by atoms with van der Waals surface area (Å²) in [6.07, 6.45) is 3.92. The first-order valence-electron chi connectivity index (χ1n) is 10.2. The van der Waals surface area contributed by atoms with Crippen molar-refractivity contribution in [3.8, 4) is 0 Å². The maximum absolute atomic E-state index is 12.8. The summed E-state index contributed by atoms with van der Waals surface area (Å²) in [7, 11) is 3.64. The molecule has 2 rings (SSSR count). The van der Waals surface area contributed by atoms with Crippen LogP contribution in [-0.4, -0.2) is 75.1 Å². The van der Waals surface area contributed by atoms with E-state index in [1.165, 1.54) is 12.7 Å². The second-order valence-corrected chi connectivity index (χ2v) is 8.54. The molecule has 2 amide bonds. The summed E-state index contributed by atoms with van der Waals surface area (Å²) in [4.78, 5) is 28.8. The lowest BCUT2D eigenvalue weighted by Gasteiger charge is -2.38. The molecule has 154 valence electrons. The molecule has 1 N–H and O–H groups in total. The number of amides is 2. The smallest absolute Gasteiger partial charge is 0.246 e. The third-order valence-electron chi connectivity index (χ3n) is 6.17. The fraction of sp³-hybridized carbons (Fsp3) is 0.810.